The smallest absolute Gasteiger partial charge is 0.191 e. The van der Waals surface area contributed by atoms with Crippen LogP contribution < -0.4 is 10.6 Å². The molecule has 2 aromatic carbocycles. The average molecular weight is 511 g/mol. The molecule has 0 heterocycles. The van der Waals surface area contributed by atoms with Gasteiger partial charge in [-0.15, -0.1) is 24.0 Å². The second-order valence-electron chi connectivity index (χ2n) is 7.01. The molecule has 0 aliphatic rings. The number of aliphatic imine (C=N–C) groups is 1. The summed E-state index contributed by atoms with van der Waals surface area (Å²) >= 11 is 0. The van der Waals surface area contributed by atoms with E-state index in [2.05, 4.69) is 29.7 Å². The number of nitrogens with zero attached hydrogens (tertiary/aromatic N) is 1. The molecule has 0 bridgehead atoms. The quantitative estimate of drug-likeness (QED) is 0.194. The minimum absolute atomic E-state index is 0. The second kappa shape index (κ2) is 13.6. The number of hydrogen-bond acceptors (Lipinski definition) is 3. The third-order valence-electron chi connectivity index (χ3n) is 4.47. The lowest BCUT2D eigenvalue weighted by molar-refractivity contribution is 0.0617. The number of hydrogen-bond donors (Lipinski definition) is 3. The molecular formula is C23H34IN3O2. The fourth-order valence-corrected chi connectivity index (χ4v) is 2.84. The van der Waals surface area contributed by atoms with Crippen molar-refractivity contribution in [3.05, 3.63) is 71.3 Å². The van der Waals surface area contributed by atoms with E-state index in [-0.39, 0.29) is 24.0 Å². The van der Waals surface area contributed by atoms with E-state index in [9.17, 15) is 5.11 Å². The number of halogens is 1. The first-order chi connectivity index (χ1) is 13.6. The molecular weight excluding hydrogens is 477 g/mol. The molecule has 0 amide bonds. The van der Waals surface area contributed by atoms with E-state index in [1.54, 1.807) is 6.92 Å². The van der Waals surface area contributed by atoms with Gasteiger partial charge in [0.05, 0.1) is 19.7 Å². The number of benzene rings is 2. The third kappa shape index (κ3) is 8.72. The van der Waals surface area contributed by atoms with E-state index in [1.807, 2.05) is 49.4 Å². The zero-order chi connectivity index (χ0) is 20.2. The van der Waals surface area contributed by atoms with E-state index in [4.69, 9.17) is 9.73 Å². The summed E-state index contributed by atoms with van der Waals surface area (Å²) in [6.07, 6.45) is 1.01. The summed E-state index contributed by atoms with van der Waals surface area (Å²) in [6.45, 7) is 8.97. The van der Waals surface area contributed by atoms with Crippen molar-refractivity contribution in [3.63, 3.8) is 0 Å². The van der Waals surface area contributed by atoms with Gasteiger partial charge in [0.2, 0.25) is 0 Å². The zero-order valence-corrected chi connectivity index (χ0v) is 20.0. The number of aliphatic hydroxyl groups is 1. The lowest BCUT2D eigenvalue weighted by Gasteiger charge is -2.25. The van der Waals surface area contributed by atoms with Crippen molar-refractivity contribution in [1.29, 1.82) is 0 Å². The molecule has 0 radical (unpaired) electrons. The van der Waals surface area contributed by atoms with E-state index < -0.39 is 5.60 Å². The number of ether oxygens (including phenoxy) is 1. The van der Waals surface area contributed by atoms with Crippen LogP contribution in [0.2, 0.25) is 0 Å². The van der Waals surface area contributed by atoms with Crippen molar-refractivity contribution < 1.29 is 9.84 Å². The van der Waals surface area contributed by atoms with Crippen LogP contribution in [0.4, 0.5) is 0 Å². The molecule has 0 aliphatic carbocycles. The Balaban J connectivity index is 0.00000420. The third-order valence-corrected chi connectivity index (χ3v) is 4.47. The summed E-state index contributed by atoms with van der Waals surface area (Å²) in [6, 6.07) is 17.9. The maximum atomic E-state index is 10.8. The Labute approximate surface area is 192 Å². The predicted molar refractivity (Wildman–Crippen MR) is 131 cm³/mol. The molecule has 160 valence electrons. The molecule has 2 aromatic rings. The highest BCUT2D eigenvalue weighted by Gasteiger charge is 2.22. The summed E-state index contributed by atoms with van der Waals surface area (Å²) in [5, 5.41) is 17.3. The topological polar surface area (TPSA) is 65.9 Å². The van der Waals surface area contributed by atoms with Crippen molar-refractivity contribution in [2.75, 3.05) is 19.7 Å². The summed E-state index contributed by atoms with van der Waals surface area (Å²) in [5.41, 5.74) is 2.19. The fraction of sp³-hybridized carbons (Fsp3) is 0.435. The molecule has 6 heteroatoms. The lowest BCUT2D eigenvalue weighted by atomic mass is 9.96. The summed E-state index contributed by atoms with van der Waals surface area (Å²) in [5.74, 6) is 0.683. The zero-order valence-electron chi connectivity index (χ0n) is 17.6. The van der Waals surface area contributed by atoms with Crippen molar-refractivity contribution >= 4 is 29.9 Å². The van der Waals surface area contributed by atoms with Gasteiger partial charge in [-0.05, 0) is 37.0 Å². The first-order valence-corrected chi connectivity index (χ1v) is 10.0. The van der Waals surface area contributed by atoms with E-state index >= 15 is 0 Å². The van der Waals surface area contributed by atoms with E-state index in [0.717, 1.165) is 36.3 Å². The molecule has 0 aromatic heterocycles. The van der Waals surface area contributed by atoms with E-state index in [0.29, 0.717) is 25.7 Å². The van der Waals surface area contributed by atoms with Crippen LogP contribution in [0.15, 0.2) is 59.6 Å². The molecule has 0 spiro atoms. The molecule has 3 N–H and O–H groups in total. The van der Waals surface area contributed by atoms with Gasteiger partial charge < -0.3 is 20.5 Å². The monoisotopic (exact) mass is 511 g/mol. The van der Waals surface area contributed by atoms with Crippen LogP contribution in [0.25, 0.3) is 0 Å². The van der Waals surface area contributed by atoms with Crippen LogP contribution in [0.3, 0.4) is 0 Å². The van der Waals surface area contributed by atoms with Crippen LogP contribution in [-0.2, 0) is 23.5 Å². The predicted octanol–water partition coefficient (Wildman–Crippen LogP) is 4.19. The van der Waals surface area contributed by atoms with Gasteiger partial charge in [0, 0.05) is 13.2 Å². The Hall–Kier alpha value is -1.64. The minimum Gasteiger partial charge on any atom is -0.384 e. The largest absolute Gasteiger partial charge is 0.384 e. The van der Waals surface area contributed by atoms with Gasteiger partial charge in [0.25, 0.3) is 0 Å². The van der Waals surface area contributed by atoms with Gasteiger partial charge in [0.15, 0.2) is 5.96 Å². The van der Waals surface area contributed by atoms with Gasteiger partial charge in [-0.2, -0.15) is 0 Å². The highest BCUT2D eigenvalue weighted by atomic mass is 127. The average Bonchev–Trinajstić information content (AvgIpc) is 2.72. The molecule has 0 saturated heterocycles. The molecule has 0 aliphatic heterocycles. The Morgan fingerprint density at radius 2 is 1.66 bits per heavy atom. The molecule has 29 heavy (non-hydrogen) atoms. The first-order valence-electron chi connectivity index (χ1n) is 10.0. The molecule has 2 rings (SSSR count). The highest BCUT2D eigenvalue weighted by Crippen LogP contribution is 2.19. The van der Waals surface area contributed by atoms with Gasteiger partial charge in [-0.1, -0.05) is 61.5 Å². The van der Waals surface area contributed by atoms with Crippen LogP contribution in [0, 0.1) is 0 Å². The van der Waals surface area contributed by atoms with Crippen LogP contribution in [0.5, 0.6) is 0 Å². The Morgan fingerprint density at radius 3 is 2.31 bits per heavy atom. The van der Waals surface area contributed by atoms with Gasteiger partial charge in [0.1, 0.15) is 5.60 Å². The number of nitrogens with one attached hydrogen (secondary N) is 2. The Kier molecular flexibility index (Phi) is 11.9. The molecule has 0 fully saturated rings. The van der Waals surface area contributed by atoms with Gasteiger partial charge in [-0.25, -0.2) is 4.99 Å². The van der Waals surface area contributed by atoms with Gasteiger partial charge in [-0.3, -0.25) is 0 Å². The van der Waals surface area contributed by atoms with Crippen molar-refractivity contribution in [2.24, 2.45) is 4.99 Å². The SMILES string of the molecule is CCCOCc1ccccc1CN=C(NCC)NCC(C)(O)c1ccccc1.I. The van der Waals surface area contributed by atoms with Crippen molar-refractivity contribution in [3.8, 4) is 0 Å². The van der Waals surface area contributed by atoms with Crippen LogP contribution in [-0.4, -0.2) is 30.8 Å². The Bertz CT molecular complexity index is 736. The normalized spacial score (nSPS) is 13.3. The second-order valence-corrected chi connectivity index (χ2v) is 7.01. The highest BCUT2D eigenvalue weighted by molar-refractivity contribution is 14.0. The standard InChI is InChI=1S/C23H33N3O2.HI/c1-4-15-28-17-20-12-10-9-11-19(20)16-25-22(24-5-2)26-18-23(3,27)21-13-7-6-8-14-21;/h6-14,27H,4-5,15-18H2,1-3H3,(H2,24,25,26);1H. The van der Waals surface area contributed by atoms with E-state index in [1.165, 1.54) is 0 Å². The number of rotatable bonds is 10. The lowest BCUT2D eigenvalue weighted by Crippen LogP contribution is -2.44. The maximum absolute atomic E-state index is 10.8. The Morgan fingerprint density at radius 1 is 1.00 bits per heavy atom. The molecule has 1 unspecified atom stereocenters. The van der Waals surface area contributed by atoms with Crippen LogP contribution >= 0.6 is 24.0 Å². The first kappa shape index (κ1) is 25.4. The summed E-state index contributed by atoms with van der Waals surface area (Å²) in [4.78, 5) is 4.70. The minimum atomic E-state index is -0.983. The van der Waals surface area contributed by atoms with Crippen molar-refractivity contribution in [1.82, 2.24) is 10.6 Å². The summed E-state index contributed by atoms with van der Waals surface area (Å²) < 4.78 is 5.69. The molecule has 1 atom stereocenters. The summed E-state index contributed by atoms with van der Waals surface area (Å²) in [7, 11) is 0. The van der Waals surface area contributed by atoms with Crippen LogP contribution in [0.1, 0.15) is 43.9 Å². The maximum Gasteiger partial charge on any atom is 0.191 e. The van der Waals surface area contributed by atoms with Crippen molar-refractivity contribution in [2.45, 2.75) is 45.9 Å². The van der Waals surface area contributed by atoms with Gasteiger partial charge >= 0.3 is 0 Å². The molecule has 5 nitrogen and oxygen atoms in total. The molecule has 0 saturated carbocycles. The number of guanidine groups is 1. The fourth-order valence-electron chi connectivity index (χ4n) is 2.84.